The Labute approximate surface area is 97.7 Å². The Kier molecular flexibility index (Phi) is 5.07. The summed E-state index contributed by atoms with van der Waals surface area (Å²) in [6.07, 6.45) is 0. The Balaban J connectivity index is 2.30. The number of aryl methyl sites for hydroxylation is 1. The Morgan fingerprint density at radius 2 is 2.53 bits per heavy atom. The Morgan fingerprint density at radius 1 is 1.80 bits per heavy atom. The van der Waals surface area contributed by atoms with Gasteiger partial charge in [-0.3, -0.25) is 4.79 Å². The maximum absolute atomic E-state index is 11.4. The molecule has 1 aromatic rings. The highest BCUT2D eigenvalue weighted by Crippen LogP contribution is 2.15. The van der Waals surface area contributed by atoms with Crippen molar-refractivity contribution in [3.8, 4) is 0 Å². The van der Waals surface area contributed by atoms with Crippen molar-refractivity contribution in [2.24, 2.45) is 5.73 Å². The third-order valence-electron chi connectivity index (χ3n) is 1.70. The summed E-state index contributed by atoms with van der Waals surface area (Å²) in [6.45, 7) is 4.50. The average Bonchev–Trinajstić information content (AvgIpc) is 2.60. The Hall–Kier alpha value is -0.590. The van der Waals surface area contributed by atoms with Crippen LogP contribution in [0.2, 0.25) is 0 Å². The van der Waals surface area contributed by atoms with E-state index in [1.807, 2.05) is 19.2 Å². The number of amides is 1. The van der Waals surface area contributed by atoms with Crippen LogP contribution in [0.1, 0.15) is 12.6 Å². The van der Waals surface area contributed by atoms with E-state index in [4.69, 9.17) is 5.73 Å². The number of thioether (sulfide) groups is 1. The number of nitrogens with two attached hydrogens (primary N) is 1. The van der Waals surface area contributed by atoms with Gasteiger partial charge in [-0.1, -0.05) is 6.92 Å². The molecular formula is C9H15N3OS2. The molecule has 1 amide bonds. The van der Waals surface area contributed by atoms with Crippen molar-refractivity contribution in [1.29, 1.82) is 0 Å². The van der Waals surface area contributed by atoms with Crippen molar-refractivity contribution in [3.05, 3.63) is 11.1 Å². The van der Waals surface area contributed by atoms with E-state index in [-0.39, 0.29) is 5.91 Å². The van der Waals surface area contributed by atoms with Crippen LogP contribution in [0.15, 0.2) is 5.38 Å². The maximum Gasteiger partial charge on any atom is 0.236 e. The number of hydrogen-bond donors (Lipinski definition) is 2. The number of nitrogens with one attached hydrogen (secondary N) is 1. The fourth-order valence-electron chi connectivity index (χ4n) is 0.853. The topological polar surface area (TPSA) is 68.0 Å². The molecule has 1 aromatic heterocycles. The van der Waals surface area contributed by atoms with Crippen LogP contribution < -0.4 is 11.1 Å². The molecule has 0 bridgehead atoms. The number of hydrogen-bond acceptors (Lipinski definition) is 5. The normalized spacial score (nSPS) is 12.5. The lowest BCUT2D eigenvalue weighted by atomic mass is 10.5. The predicted molar refractivity (Wildman–Crippen MR) is 66.5 cm³/mol. The molecular weight excluding hydrogens is 230 g/mol. The summed E-state index contributed by atoms with van der Waals surface area (Å²) in [5.41, 5.74) is 6.38. The predicted octanol–water partition coefficient (Wildman–Crippen LogP) is 1.47. The number of carbonyl (C=O) groups is 1. The smallest absolute Gasteiger partial charge is 0.236 e. The first-order chi connectivity index (χ1) is 7.11. The molecule has 0 spiro atoms. The van der Waals surface area contributed by atoms with Crippen LogP contribution >= 0.6 is 23.1 Å². The largest absolute Gasteiger partial charge is 0.329 e. The summed E-state index contributed by atoms with van der Waals surface area (Å²) in [6, 6.07) is 0. The Morgan fingerprint density at radius 3 is 3.07 bits per heavy atom. The fourth-order valence-corrected chi connectivity index (χ4v) is 2.20. The van der Waals surface area contributed by atoms with Gasteiger partial charge >= 0.3 is 0 Å². The molecule has 0 aliphatic carbocycles. The van der Waals surface area contributed by atoms with Gasteiger partial charge in [0.25, 0.3) is 0 Å². The molecule has 1 rings (SSSR count). The molecule has 1 unspecified atom stereocenters. The minimum Gasteiger partial charge on any atom is -0.329 e. The number of carbonyl (C=O) groups excluding carboxylic acids is 1. The SMILES string of the molecule is Cc1csc(NC(=O)CSC(C)CN)n1. The summed E-state index contributed by atoms with van der Waals surface area (Å²) in [4.78, 5) is 15.6. The molecule has 0 aromatic carbocycles. The van der Waals surface area contributed by atoms with Crippen molar-refractivity contribution >= 4 is 34.1 Å². The van der Waals surface area contributed by atoms with Crippen molar-refractivity contribution in [3.63, 3.8) is 0 Å². The van der Waals surface area contributed by atoms with Crippen LogP contribution in [0, 0.1) is 6.92 Å². The minimum absolute atomic E-state index is 0.0188. The first kappa shape index (κ1) is 12.5. The molecule has 0 fully saturated rings. The second kappa shape index (κ2) is 6.09. The van der Waals surface area contributed by atoms with Crippen LogP contribution in [0.25, 0.3) is 0 Å². The molecule has 6 heteroatoms. The first-order valence-corrected chi connectivity index (χ1v) is 6.58. The van der Waals surface area contributed by atoms with E-state index in [0.29, 0.717) is 22.7 Å². The second-order valence-corrected chi connectivity index (χ2v) is 5.48. The highest BCUT2D eigenvalue weighted by atomic mass is 32.2. The molecule has 0 aliphatic heterocycles. The van der Waals surface area contributed by atoms with E-state index >= 15 is 0 Å². The van der Waals surface area contributed by atoms with Gasteiger partial charge in [0.1, 0.15) is 0 Å². The third kappa shape index (κ3) is 4.63. The van der Waals surface area contributed by atoms with E-state index in [9.17, 15) is 4.79 Å². The van der Waals surface area contributed by atoms with Gasteiger partial charge in [-0.2, -0.15) is 0 Å². The van der Waals surface area contributed by atoms with E-state index < -0.39 is 0 Å². The van der Waals surface area contributed by atoms with Crippen LogP contribution in [-0.4, -0.2) is 28.4 Å². The minimum atomic E-state index is -0.0188. The molecule has 1 atom stereocenters. The summed E-state index contributed by atoms with van der Waals surface area (Å²) < 4.78 is 0. The monoisotopic (exact) mass is 245 g/mol. The molecule has 84 valence electrons. The van der Waals surface area contributed by atoms with Crippen molar-refractivity contribution < 1.29 is 4.79 Å². The standard InChI is InChI=1S/C9H15N3OS2/c1-6-4-15-9(11-6)12-8(13)5-14-7(2)3-10/h4,7H,3,5,10H2,1-2H3,(H,11,12,13). The highest BCUT2D eigenvalue weighted by Gasteiger charge is 2.07. The van der Waals surface area contributed by atoms with Gasteiger partial charge in [0, 0.05) is 17.2 Å². The molecule has 4 nitrogen and oxygen atoms in total. The van der Waals surface area contributed by atoms with Crippen molar-refractivity contribution in [2.45, 2.75) is 19.1 Å². The lowest BCUT2D eigenvalue weighted by molar-refractivity contribution is -0.113. The van der Waals surface area contributed by atoms with Gasteiger partial charge in [0.15, 0.2) is 5.13 Å². The van der Waals surface area contributed by atoms with Crippen LogP contribution in [0.3, 0.4) is 0 Å². The third-order valence-corrected chi connectivity index (χ3v) is 3.76. The number of rotatable bonds is 5. The van der Waals surface area contributed by atoms with Crippen LogP contribution in [0.5, 0.6) is 0 Å². The molecule has 15 heavy (non-hydrogen) atoms. The number of aromatic nitrogens is 1. The molecule has 0 saturated heterocycles. The van der Waals surface area contributed by atoms with Gasteiger partial charge < -0.3 is 11.1 Å². The average molecular weight is 245 g/mol. The summed E-state index contributed by atoms with van der Waals surface area (Å²) in [5.74, 6) is 0.409. The molecule has 3 N–H and O–H groups in total. The van der Waals surface area contributed by atoms with Gasteiger partial charge in [-0.25, -0.2) is 4.98 Å². The van der Waals surface area contributed by atoms with E-state index in [1.165, 1.54) is 11.3 Å². The zero-order chi connectivity index (χ0) is 11.3. The summed E-state index contributed by atoms with van der Waals surface area (Å²) in [5, 5.41) is 5.64. The van der Waals surface area contributed by atoms with Gasteiger partial charge in [0.05, 0.1) is 11.4 Å². The number of thiazole rings is 1. The van der Waals surface area contributed by atoms with Gasteiger partial charge in [-0.05, 0) is 6.92 Å². The molecule has 0 aliphatic rings. The maximum atomic E-state index is 11.4. The van der Waals surface area contributed by atoms with Gasteiger partial charge in [-0.15, -0.1) is 23.1 Å². The fraction of sp³-hybridized carbons (Fsp3) is 0.556. The quantitative estimate of drug-likeness (QED) is 0.824. The zero-order valence-corrected chi connectivity index (χ0v) is 10.5. The molecule has 0 saturated carbocycles. The van der Waals surface area contributed by atoms with E-state index in [1.54, 1.807) is 11.8 Å². The van der Waals surface area contributed by atoms with E-state index in [2.05, 4.69) is 10.3 Å². The lowest BCUT2D eigenvalue weighted by Gasteiger charge is -2.06. The van der Waals surface area contributed by atoms with Crippen LogP contribution in [-0.2, 0) is 4.79 Å². The van der Waals surface area contributed by atoms with Crippen molar-refractivity contribution in [2.75, 3.05) is 17.6 Å². The van der Waals surface area contributed by atoms with E-state index in [0.717, 1.165) is 5.69 Å². The Bertz CT molecular complexity index is 327. The van der Waals surface area contributed by atoms with Gasteiger partial charge in [0.2, 0.25) is 5.91 Å². The van der Waals surface area contributed by atoms with Crippen molar-refractivity contribution in [1.82, 2.24) is 4.98 Å². The summed E-state index contributed by atoms with van der Waals surface area (Å²) >= 11 is 2.99. The zero-order valence-electron chi connectivity index (χ0n) is 8.82. The number of anilines is 1. The lowest BCUT2D eigenvalue weighted by Crippen LogP contribution is -2.19. The first-order valence-electron chi connectivity index (χ1n) is 4.65. The molecule has 0 radical (unpaired) electrons. The summed E-state index contributed by atoms with van der Waals surface area (Å²) in [7, 11) is 0. The second-order valence-electron chi connectivity index (χ2n) is 3.20. The number of nitrogens with zero attached hydrogens (tertiary/aromatic N) is 1. The highest BCUT2D eigenvalue weighted by molar-refractivity contribution is 8.00. The van der Waals surface area contributed by atoms with Crippen LogP contribution in [0.4, 0.5) is 5.13 Å². The molecule has 1 heterocycles.